The predicted molar refractivity (Wildman–Crippen MR) is 65.2 cm³/mol. The molecule has 0 aliphatic carbocycles. The molecule has 1 heterocycles. The Hall–Kier alpha value is -0.800. The number of rotatable bonds is 6. The second kappa shape index (κ2) is 6.64. The molecule has 84 valence electrons. The van der Waals surface area contributed by atoms with Crippen LogP contribution in [0.2, 0.25) is 5.02 Å². The fraction of sp³-hybridized carbons (Fsp3) is 0.545. The van der Waals surface area contributed by atoms with E-state index in [9.17, 15) is 0 Å². The number of pyridine rings is 1. The number of halogens is 1. The van der Waals surface area contributed by atoms with E-state index in [1.54, 1.807) is 12.4 Å². The summed E-state index contributed by atoms with van der Waals surface area (Å²) in [4.78, 5) is 3.94. The molecule has 1 aromatic heterocycles. The van der Waals surface area contributed by atoms with E-state index in [0.29, 0.717) is 17.6 Å². The summed E-state index contributed by atoms with van der Waals surface area (Å²) in [5.41, 5.74) is 6.61. The van der Waals surface area contributed by atoms with Crippen LogP contribution >= 0.6 is 11.6 Å². The van der Waals surface area contributed by atoms with Crippen LogP contribution in [-0.4, -0.2) is 17.6 Å². The maximum atomic E-state index is 5.99. The molecule has 1 unspecified atom stereocenters. The van der Waals surface area contributed by atoms with E-state index in [4.69, 9.17) is 17.3 Å². The van der Waals surface area contributed by atoms with Gasteiger partial charge in [-0.05, 0) is 12.5 Å². The minimum Gasteiger partial charge on any atom is -0.380 e. The molecule has 0 radical (unpaired) electrons. The Morgan fingerprint density at radius 2 is 2.40 bits per heavy atom. The van der Waals surface area contributed by atoms with Crippen LogP contribution in [0.15, 0.2) is 18.5 Å². The van der Waals surface area contributed by atoms with Gasteiger partial charge in [-0.2, -0.15) is 0 Å². The van der Waals surface area contributed by atoms with Crippen molar-refractivity contribution < 1.29 is 0 Å². The van der Waals surface area contributed by atoms with E-state index in [2.05, 4.69) is 17.2 Å². The Labute approximate surface area is 96.0 Å². The van der Waals surface area contributed by atoms with Gasteiger partial charge in [0.05, 0.1) is 10.7 Å². The van der Waals surface area contributed by atoms with Crippen LogP contribution in [-0.2, 0) is 0 Å². The third kappa shape index (κ3) is 4.06. The van der Waals surface area contributed by atoms with E-state index in [1.165, 1.54) is 12.8 Å². The molecule has 3 nitrogen and oxygen atoms in total. The van der Waals surface area contributed by atoms with Gasteiger partial charge in [-0.25, -0.2) is 0 Å². The number of nitrogens with one attached hydrogen (secondary N) is 1. The van der Waals surface area contributed by atoms with Crippen LogP contribution in [0.1, 0.15) is 26.2 Å². The number of unbranched alkanes of at least 4 members (excludes halogenated alkanes) is 1. The normalized spacial score (nSPS) is 12.5. The van der Waals surface area contributed by atoms with Gasteiger partial charge in [-0.15, -0.1) is 0 Å². The molecular weight excluding hydrogens is 210 g/mol. The molecule has 0 spiro atoms. The molecule has 0 amide bonds. The van der Waals surface area contributed by atoms with Crippen molar-refractivity contribution in [2.75, 3.05) is 11.9 Å². The highest BCUT2D eigenvalue weighted by Crippen LogP contribution is 2.20. The average Bonchev–Trinajstić information content (AvgIpc) is 2.26. The molecule has 0 aromatic carbocycles. The minimum atomic E-state index is 0.296. The highest BCUT2D eigenvalue weighted by Gasteiger charge is 2.07. The molecular formula is C11H18ClN3. The third-order valence-electron chi connectivity index (χ3n) is 2.32. The quantitative estimate of drug-likeness (QED) is 0.786. The molecule has 1 aromatic rings. The summed E-state index contributed by atoms with van der Waals surface area (Å²) >= 11 is 5.99. The van der Waals surface area contributed by atoms with Crippen molar-refractivity contribution in [2.24, 2.45) is 5.73 Å². The third-order valence-corrected chi connectivity index (χ3v) is 2.62. The molecule has 4 heteroatoms. The Morgan fingerprint density at radius 3 is 3.00 bits per heavy atom. The monoisotopic (exact) mass is 227 g/mol. The lowest BCUT2D eigenvalue weighted by Crippen LogP contribution is -2.28. The molecule has 3 N–H and O–H groups in total. The second-order valence-electron chi connectivity index (χ2n) is 3.57. The van der Waals surface area contributed by atoms with Crippen molar-refractivity contribution in [3.8, 4) is 0 Å². The summed E-state index contributed by atoms with van der Waals surface area (Å²) < 4.78 is 0. The largest absolute Gasteiger partial charge is 0.380 e. The van der Waals surface area contributed by atoms with Crippen LogP contribution < -0.4 is 11.1 Å². The van der Waals surface area contributed by atoms with Gasteiger partial charge in [0, 0.05) is 25.0 Å². The fourth-order valence-corrected chi connectivity index (χ4v) is 1.59. The minimum absolute atomic E-state index is 0.296. The van der Waals surface area contributed by atoms with Gasteiger partial charge < -0.3 is 11.1 Å². The number of anilines is 1. The molecule has 0 bridgehead atoms. The molecule has 1 rings (SSSR count). The smallest absolute Gasteiger partial charge is 0.0820 e. The van der Waals surface area contributed by atoms with Crippen molar-refractivity contribution in [1.29, 1.82) is 0 Å². The Morgan fingerprint density at radius 1 is 1.60 bits per heavy atom. The first-order valence-corrected chi connectivity index (χ1v) is 5.71. The first-order chi connectivity index (χ1) is 7.27. The lowest BCUT2D eigenvalue weighted by molar-refractivity contribution is 0.614. The van der Waals surface area contributed by atoms with E-state index < -0.39 is 0 Å². The number of aromatic nitrogens is 1. The lowest BCUT2D eigenvalue weighted by Gasteiger charge is -2.18. The summed E-state index contributed by atoms with van der Waals surface area (Å²) in [6, 6.07) is 2.17. The van der Waals surface area contributed by atoms with Crippen LogP contribution in [0.3, 0.4) is 0 Å². The summed E-state index contributed by atoms with van der Waals surface area (Å²) in [5.74, 6) is 0. The topological polar surface area (TPSA) is 50.9 Å². The number of nitrogens with zero attached hydrogens (tertiary/aromatic N) is 1. The molecule has 0 saturated carbocycles. The van der Waals surface area contributed by atoms with E-state index >= 15 is 0 Å². The Balaban J connectivity index is 2.54. The Kier molecular flexibility index (Phi) is 5.43. The summed E-state index contributed by atoms with van der Waals surface area (Å²) in [6.07, 6.45) is 6.80. The maximum absolute atomic E-state index is 5.99. The van der Waals surface area contributed by atoms with Crippen molar-refractivity contribution in [3.63, 3.8) is 0 Å². The van der Waals surface area contributed by atoms with Gasteiger partial charge >= 0.3 is 0 Å². The van der Waals surface area contributed by atoms with E-state index in [0.717, 1.165) is 12.1 Å². The van der Waals surface area contributed by atoms with Crippen molar-refractivity contribution in [2.45, 2.75) is 32.2 Å². The SMILES string of the molecule is CCCCC(CN)Nc1ccncc1Cl. The standard InChI is InChI=1S/C11H18ClN3/c1-2-3-4-9(7-13)15-11-5-6-14-8-10(11)12/h5-6,8-9H,2-4,7,13H2,1H3,(H,14,15). The van der Waals surface area contributed by atoms with Crippen LogP contribution in [0.4, 0.5) is 5.69 Å². The van der Waals surface area contributed by atoms with Crippen LogP contribution in [0, 0.1) is 0 Å². The van der Waals surface area contributed by atoms with Gasteiger partial charge in [-0.1, -0.05) is 31.4 Å². The summed E-state index contributed by atoms with van der Waals surface area (Å²) in [5, 5.41) is 3.98. The number of nitrogens with two attached hydrogens (primary N) is 1. The molecule has 0 saturated heterocycles. The van der Waals surface area contributed by atoms with Gasteiger partial charge in [0.1, 0.15) is 0 Å². The fourth-order valence-electron chi connectivity index (χ4n) is 1.41. The highest BCUT2D eigenvalue weighted by atomic mass is 35.5. The summed E-state index contributed by atoms with van der Waals surface area (Å²) in [6.45, 7) is 2.80. The summed E-state index contributed by atoms with van der Waals surface area (Å²) in [7, 11) is 0. The molecule has 15 heavy (non-hydrogen) atoms. The molecule has 0 aliphatic rings. The predicted octanol–water partition coefficient (Wildman–Crippen LogP) is 2.66. The Bertz CT molecular complexity index is 291. The van der Waals surface area contributed by atoms with Crippen molar-refractivity contribution in [3.05, 3.63) is 23.5 Å². The zero-order valence-corrected chi connectivity index (χ0v) is 9.80. The van der Waals surface area contributed by atoms with Gasteiger partial charge in [0.25, 0.3) is 0 Å². The molecule has 1 atom stereocenters. The zero-order valence-electron chi connectivity index (χ0n) is 9.04. The lowest BCUT2D eigenvalue weighted by atomic mass is 10.1. The van der Waals surface area contributed by atoms with Gasteiger partial charge in [-0.3, -0.25) is 4.98 Å². The zero-order chi connectivity index (χ0) is 11.1. The first-order valence-electron chi connectivity index (χ1n) is 5.34. The molecule has 0 aliphatic heterocycles. The van der Waals surface area contributed by atoms with Gasteiger partial charge in [0.2, 0.25) is 0 Å². The molecule has 0 fully saturated rings. The maximum Gasteiger partial charge on any atom is 0.0820 e. The van der Waals surface area contributed by atoms with Gasteiger partial charge in [0.15, 0.2) is 0 Å². The van der Waals surface area contributed by atoms with Crippen molar-refractivity contribution in [1.82, 2.24) is 4.98 Å². The van der Waals surface area contributed by atoms with E-state index in [1.807, 2.05) is 6.07 Å². The van der Waals surface area contributed by atoms with Crippen molar-refractivity contribution >= 4 is 17.3 Å². The van der Waals surface area contributed by atoms with Crippen LogP contribution in [0.5, 0.6) is 0 Å². The van der Waals surface area contributed by atoms with E-state index in [-0.39, 0.29) is 0 Å². The average molecular weight is 228 g/mol. The van der Waals surface area contributed by atoms with Crippen LogP contribution in [0.25, 0.3) is 0 Å². The first kappa shape index (κ1) is 12.3. The highest BCUT2D eigenvalue weighted by molar-refractivity contribution is 6.33. The number of hydrogen-bond donors (Lipinski definition) is 2. The second-order valence-corrected chi connectivity index (χ2v) is 3.98. The number of hydrogen-bond acceptors (Lipinski definition) is 3.